The van der Waals surface area contributed by atoms with E-state index >= 15 is 0 Å². The highest BCUT2D eigenvalue weighted by Crippen LogP contribution is 2.00. The molecule has 0 heterocycles. The van der Waals surface area contributed by atoms with E-state index < -0.39 is 0 Å². The molecule has 5 nitrogen and oxygen atoms in total. The quantitative estimate of drug-likeness (QED) is 0.529. The Hall–Kier alpha value is -1.43. The van der Waals surface area contributed by atoms with Crippen LogP contribution in [0.2, 0.25) is 0 Å². The van der Waals surface area contributed by atoms with Crippen LogP contribution in [0.5, 0.6) is 0 Å². The number of hydrogen-bond acceptors (Lipinski definition) is 4. The van der Waals surface area contributed by atoms with Crippen molar-refractivity contribution in [2.45, 2.75) is 25.7 Å². The number of likely N-dealkylation sites (N-methyl/N-ethyl adjacent to an activating group) is 1. The lowest BCUT2D eigenvalue weighted by Crippen LogP contribution is -2.36. The minimum atomic E-state index is 0.0833. The van der Waals surface area contributed by atoms with Crippen LogP contribution in [0, 0.1) is 0 Å². The van der Waals surface area contributed by atoms with Crippen LogP contribution in [-0.4, -0.2) is 64.4 Å². The number of methoxy groups -OCH3 is 1. The van der Waals surface area contributed by atoms with Crippen LogP contribution in [0.25, 0.3) is 0 Å². The predicted molar refractivity (Wildman–Crippen MR) is 97.2 cm³/mol. The van der Waals surface area contributed by atoms with E-state index in [4.69, 9.17) is 9.47 Å². The fraction of sp³-hybridized carbons (Fsp3) is 0.632. The van der Waals surface area contributed by atoms with Gasteiger partial charge in [-0.15, -0.1) is 0 Å². The third kappa shape index (κ3) is 11.2. The molecule has 0 saturated carbocycles. The molecule has 1 N–H and O–H groups in total. The summed E-state index contributed by atoms with van der Waals surface area (Å²) >= 11 is 0. The van der Waals surface area contributed by atoms with Gasteiger partial charge in [-0.2, -0.15) is 0 Å². The van der Waals surface area contributed by atoms with Crippen LogP contribution in [0.1, 0.15) is 24.8 Å². The summed E-state index contributed by atoms with van der Waals surface area (Å²) in [5.41, 5.74) is 1.30. The van der Waals surface area contributed by atoms with Gasteiger partial charge < -0.3 is 14.8 Å². The first kappa shape index (κ1) is 20.6. The number of amides is 1. The minimum Gasteiger partial charge on any atom is -0.385 e. The highest BCUT2D eigenvalue weighted by Gasteiger charge is 2.05. The summed E-state index contributed by atoms with van der Waals surface area (Å²) in [7, 11) is 3.65. The van der Waals surface area contributed by atoms with E-state index in [1.165, 1.54) is 5.56 Å². The zero-order valence-electron chi connectivity index (χ0n) is 15.1. The third-order valence-corrected chi connectivity index (χ3v) is 3.72. The maximum atomic E-state index is 11.8. The molecule has 1 aromatic carbocycles. The van der Waals surface area contributed by atoms with E-state index in [2.05, 4.69) is 17.4 Å². The number of carbonyl (C=O) groups is 1. The van der Waals surface area contributed by atoms with Gasteiger partial charge in [-0.25, -0.2) is 0 Å². The highest BCUT2D eigenvalue weighted by atomic mass is 16.5. The molecule has 0 aliphatic heterocycles. The van der Waals surface area contributed by atoms with Crippen LogP contribution >= 0.6 is 0 Å². The molecule has 0 saturated heterocycles. The van der Waals surface area contributed by atoms with Crippen molar-refractivity contribution >= 4 is 5.91 Å². The molecule has 1 rings (SSSR count). The predicted octanol–water partition coefficient (Wildman–Crippen LogP) is 2.11. The van der Waals surface area contributed by atoms with Gasteiger partial charge in [0.1, 0.15) is 0 Å². The van der Waals surface area contributed by atoms with Crippen molar-refractivity contribution in [3.8, 4) is 0 Å². The van der Waals surface area contributed by atoms with Gasteiger partial charge in [-0.3, -0.25) is 9.69 Å². The van der Waals surface area contributed by atoms with Crippen molar-refractivity contribution in [2.24, 2.45) is 0 Å². The van der Waals surface area contributed by atoms with Gasteiger partial charge in [-0.05, 0) is 38.3 Å². The first-order valence-corrected chi connectivity index (χ1v) is 8.78. The van der Waals surface area contributed by atoms with E-state index in [0.717, 1.165) is 52.0 Å². The molecule has 0 fully saturated rings. The topological polar surface area (TPSA) is 50.8 Å². The molecule has 24 heavy (non-hydrogen) atoms. The molecule has 0 spiro atoms. The molecule has 1 aromatic rings. The van der Waals surface area contributed by atoms with E-state index in [-0.39, 0.29) is 5.91 Å². The zero-order valence-corrected chi connectivity index (χ0v) is 15.1. The monoisotopic (exact) mass is 336 g/mol. The van der Waals surface area contributed by atoms with Crippen LogP contribution < -0.4 is 5.32 Å². The van der Waals surface area contributed by atoms with E-state index in [1.807, 2.05) is 30.1 Å². The Balaban J connectivity index is 1.89. The fourth-order valence-corrected chi connectivity index (χ4v) is 2.35. The van der Waals surface area contributed by atoms with Crippen molar-refractivity contribution < 1.29 is 14.3 Å². The highest BCUT2D eigenvalue weighted by molar-refractivity contribution is 5.77. The number of unbranched alkanes of at least 4 members (excludes halogenated alkanes) is 1. The Bertz CT molecular complexity index is 426. The second kappa shape index (κ2) is 14.0. The van der Waals surface area contributed by atoms with Gasteiger partial charge in [-0.1, -0.05) is 30.3 Å². The standard InChI is InChI=1S/C19H32N2O3/c1-21(13-8-14-23-2)17-19(22)20-12-6-7-15-24-16-11-18-9-4-3-5-10-18/h3-5,9-10H,6-8,11-17H2,1-2H3,(H,20,22). The number of nitrogens with one attached hydrogen (secondary N) is 1. The zero-order chi connectivity index (χ0) is 17.5. The van der Waals surface area contributed by atoms with Crippen LogP contribution in [0.4, 0.5) is 0 Å². The van der Waals surface area contributed by atoms with Crippen molar-refractivity contribution in [2.75, 3.05) is 53.6 Å². The Morgan fingerprint density at radius 1 is 1.08 bits per heavy atom. The van der Waals surface area contributed by atoms with Crippen molar-refractivity contribution in [3.63, 3.8) is 0 Å². The number of hydrogen-bond donors (Lipinski definition) is 1. The smallest absolute Gasteiger partial charge is 0.234 e. The lowest BCUT2D eigenvalue weighted by Gasteiger charge is -2.15. The van der Waals surface area contributed by atoms with Gasteiger partial charge in [0.15, 0.2) is 0 Å². The van der Waals surface area contributed by atoms with Crippen molar-refractivity contribution in [1.82, 2.24) is 10.2 Å². The average molecular weight is 336 g/mol. The van der Waals surface area contributed by atoms with Crippen LogP contribution in [0.3, 0.4) is 0 Å². The maximum absolute atomic E-state index is 11.8. The van der Waals surface area contributed by atoms with E-state index in [0.29, 0.717) is 13.1 Å². The Morgan fingerprint density at radius 2 is 1.88 bits per heavy atom. The molecule has 0 aromatic heterocycles. The van der Waals surface area contributed by atoms with Crippen molar-refractivity contribution in [1.29, 1.82) is 0 Å². The molecule has 136 valence electrons. The number of ether oxygens (including phenoxy) is 2. The second-order valence-electron chi connectivity index (χ2n) is 5.99. The van der Waals surface area contributed by atoms with Gasteiger partial charge >= 0.3 is 0 Å². The summed E-state index contributed by atoms with van der Waals surface area (Å²) in [5.74, 6) is 0.0833. The summed E-state index contributed by atoms with van der Waals surface area (Å²) in [4.78, 5) is 13.8. The SMILES string of the molecule is COCCCN(C)CC(=O)NCCCCOCCc1ccccc1. The molecular formula is C19H32N2O3. The molecular weight excluding hydrogens is 304 g/mol. The summed E-state index contributed by atoms with van der Waals surface area (Å²) in [5, 5.41) is 2.95. The number of nitrogens with zero attached hydrogens (tertiary/aromatic N) is 1. The summed E-state index contributed by atoms with van der Waals surface area (Å²) in [6.45, 7) is 4.26. The molecule has 0 radical (unpaired) electrons. The molecule has 0 unspecified atom stereocenters. The molecule has 1 amide bonds. The third-order valence-electron chi connectivity index (χ3n) is 3.72. The summed E-state index contributed by atoms with van der Waals surface area (Å²) < 4.78 is 10.6. The molecule has 0 aliphatic carbocycles. The summed E-state index contributed by atoms with van der Waals surface area (Å²) in [6, 6.07) is 10.4. The maximum Gasteiger partial charge on any atom is 0.234 e. The van der Waals surface area contributed by atoms with E-state index in [1.54, 1.807) is 7.11 Å². The molecule has 5 heteroatoms. The number of carbonyl (C=O) groups excluding carboxylic acids is 1. The van der Waals surface area contributed by atoms with Gasteiger partial charge in [0.05, 0.1) is 13.2 Å². The minimum absolute atomic E-state index is 0.0833. The van der Waals surface area contributed by atoms with Crippen LogP contribution in [0.15, 0.2) is 30.3 Å². The van der Waals surface area contributed by atoms with Crippen molar-refractivity contribution in [3.05, 3.63) is 35.9 Å². The normalized spacial score (nSPS) is 11.0. The lowest BCUT2D eigenvalue weighted by atomic mass is 10.2. The molecule has 0 aliphatic rings. The fourth-order valence-electron chi connectivity index (χ4n) is 2.35. The number of benzene rings is 1. The Labute approximate surface area is 146 Å². The second-order valence-corrected chi connectivity index (χ2v) is 5.99. The van der Waals surface area contributed by atoms with Gasteiger partial charge in [0.2, 0.25) is 5.91 Å². The largest absolute Gasteiger partial charge is 0.385 e. The Kier molecular flexibility index (Phi) is 12.0. The van der Waals surface area contributed by atoms with Gasteiger partial charge in [0.25, 0.3) is 0 Å². The average Bonchev–Trinajstić information content (AvgIpc) is 2.58. The van der Waals surface area contributed by atoms with Gasteiger partial charge in [0, 0.05) is 33.4 Å². The first-order valence-electron chi connectivity index (χ1n) is 8.78. The van der Waals surface area contributed by atoms with Crippen LogP contribution in [-0.2, 0) is 20.7 Å². The Morgan fingerprint density at radius 3 is 2.62 bits per heavy atom. The lowest BCUT2D eigenvalue weighted by molar-refractivity contribution is -0.122. The molecule has 0 atom stereocenters. The summed E-state index contributed by atoms with van der Waals surface area (Å²) in [6.07, 6.45) is 3.82. The van der Waals surface area contributed by atoms with E-state index in [9.17, 15) is 4.79 Å². The number of rotatable bonds is 14. The molecule has 0 bridgehead atoms. The first-order chi connectivity index (χ1) is 11.7.